The van der Waals surface area contributed by atoms with E-state index in [2.05, 4.69) is 5.32 Å². The summed E-state index contributed by atoms with van der Waals surface area (Å²) in [7, 11) is -2.76. The van der Waals surface area contributed by atoms with Crippen molar-refractivity contribution in [3.05, 3.63) is 89.2 Å². The van der Waals surface area contributed by atoms with Crippen LogP contribution in [-0.4, -0.2) is 50.9 Å². The second-order valence-corrected chi connectivity index (χ2v) is 11.4. The minimum absolute atomic E-state index is 0.000724. The van der Waals surface area contributed by atoms with E-state index in [0.717, 1.165) is 16.4 Å². The molecule has 0 aromatic heterocycles. The number of hydrogen-bond acceptors (Lipinski definition) is 5. The molecule has 0 aliphatic carbocycles. The highest BCUT2D eigenvalue weighted by Gasteiger charge is 2.33. The van der Waals surface area contributed by atoms with Crippen LogP contribution in [0.4, 0.5) is 10.1 Å². The highest BCUT2D eigenvalue weighted by Crippen LogP contribution is 2.28. The van der Waals surface area contributed by atoms with Gasteiger partial charge in [0.25, 0.3) is 10.0 Å². The maximum absolute atomic E-state index is 13.9. The number of nitrogens with one attached hydrogen (secondary N) is 1. The molecule has 0 radical (unpaired) electrons. The third kappa shape index (κ3) is 7.48. The number of ether oxygens (including phenoxy) is 1. The van der Waals surface area contributed by atoms with E-state index in [9.17, 15) is 22.4 Å². The van der Waals surface area contributed by atoms with E-state index in [1.165, 1.54) is 30.2 Å². The minimum Gasteiger partial charge on any atom is -0.497 e. The van der Waals surface area contributed by atoms with Gasteiger partial charge in [-0.05, 0) is 68.8 Å². The number of benzene rings is 3. The van der Waals surface area contributed by atoms with Crippen molar-refractivity contribution in [2.45, 2.75) is 44.3 Å². The number of hydrogen-bond donors (Lipinski definition) is 1. The Bertz CT molecular complexity index is 1420. The van der Waals surface area contributed by atoms with Gasteiger partial charge in [0.1, 0.15) is 24.2 Å². The van der Waals surface area contributed by atoms with Crippen molar-refractivity contribution in [3.8, 4) is 5.75 Å². The lowest BCUT2D eigenvalue weighted by Crippen LogP contribution is -2.52. The van der Waals surface area contributed by atoms with Gasteiger partial charge in [0.15, 0.2) is 0 Å². The second kappa shape index (κ2) is 12.9. The van der Waals surface area contributed by atoms with Crippen LogP contribution in [0.1, 0.15) is 26.3 Å². The zero-order valence-corrected chi connectivity index (χ0v) is 23.7. The van der Waals surface area contributed by atoms with Crippen molar-refractivity contribution in [1.82, 2.24) is 10.2 Å². The quantitative estimate of drug-likeness (QED) is 0.360. The van der Waals surface area contributed by atoms with Crippen molar-refractivity contribution in [1.29, 1.82) is 0 Å². The van der Waals surface area contributed by atoms with Crippen LogP contribution >= 0.6 is 11.6 Å². The number of carbonyl (C=O) groups is 2. The predicted octanol–water partition coefficient (Wildman–Crippen LogP) is 4.62. The summed E-state index contributed by atoms with van der Waals surface area (Å²) in [4.78, 5) is 28.0. The predicted molar refractivity (Wildman–Crippen MR) is 149 cm³/mol. The SMILES string of the molecule is COc1cccc(CN(C(=O)CN(c2ccc(F)c(Cl)c2)S(=O)(=O)c2ccccc2)[C@@H](C)C(=O)NC(C)C)c1. The van der Waals surface area contributed by atoms with Crippen molar-refractivity contribution >= 4 is 39.1 Å². The molecule has 208 valence electrons. The lowest BCUT2D eigenvalue weighted by Gasteiger charge is -2.32. The molecule has 0 saturated heterocycles. The monoisotopic (exact) mass is 575 g/mol. The third-order valence-electron chi connectivity index (χ3n) is 5.89. The summed E-state index contributed by atoms with van der Waals surface area (Å²) in [6.45, 7) is 4.51. The van der Waals surface area contributed by atoms with E-state index < -0.39 is 40.2 Å². The maximum Gasteiger partial charge on any atom is 0.264 e. The second-order valence-electron chi connectivity index (χ2n) is 9.14. The fraction of sp³-hybridized carbons (Fsp3) is 0.286. The smallest absolute Gasteiger partial charge is 0.264 e. The van der Waals surface area contributed by atoms with Crippen LogP contribution in [0.15, 0.2) is 77.7 Å². The van der Waals surface area contributed by atoms with Gasteiger partial charge in [0.2, 0.25) is 11.8 Å². The van der Waals surface area contributed by atoms with E-state index >= 15 is 0 Å². The Morgan fingerprint density at radius 1 is 1.00 bits per heavy atom. The van der Waals surface area contributed by atoms with Gasteiger partial charge < -0.3 is 15.0 Å². The van der Waals surface area contributed by atoms with Gasteiger partial charge in [0.05, 0.1) is 22.7 Å². The molecule has 3 rings (SSSR count). The summed E-state index contributed by atoms with van der Waals surface area (Å²) in [6, 6.07) is 16.8. The molecule has 2 amide bonds. The van der Waals surface area contributed by atoms with Crippen LogP contribution < -0.4 is 14.4 Å². The lowest BCUT2D eigenvalue weighted by molar-refractivity contribution is -0.139. The number of amides is 2. The average molecular weight is 576 g/mol. The summed E-state index contributed by atoms with van der Waals surface area (Å²) in [5, 5.41) is 2.49. The van der Waals surface area contributed by atoms with Crippen LogP contribution in [0, 0.1) is 5.82 Å². The van der Waals surface area contributed by atoms with Crippen LogP contribution in [0.3, 0.4) is 0 Å². The number of methoxy groups -OCH3 is 1. The van der Waals surface area contributed by atoms with Crippen molar-refractivity contribution in [2.24, 2.45) is 0 Å². The Hall–Kier alpha value is -3.63. The molecule has 0 fully saturated rings. The summed E-state index contributed by atoms with van der Waals surface area (Å²) >= 11 is 5.97. The molecule has 0 unspecified atom stereocenters. The topological polar surface area (TPSA) is 96.0 Å². The van der Waals surface area contributed by atoms with Crippen LogP contribution in [0.2, 0.25) is 5.02 Å². The average Bonchev–Trinajstić information content (AvgIpc) is 2.91. The molecule has 0 aliphatic rings. The summed E-state index contributed by atoms with van der Waals surface area (Å²) in [6.07, 6.45) is 0. The zero-order chi connectivity index (χ0) is 28.7. The Balaban J connectivity index is 2.05. The first kappa shape index (κ1) is 29.9. The first-order chi connectivity index (χ1) is 18.4. The van der Waals surface area contributed by atoms with Crippen LogP contribution in [-0.2, 0) is 26.2 Å². The number of carbonyl (C=O) groups excluding carboxylic acids is 2. The molecule has 1 atom stereocenters. The summed E-state index contributed by atoms with van der Waals surface area (Å²) < 4.78 is 47.5. The molecular formula is C28H31ClFN3O5S. The normalized spacial score (nSPS) is 12.1. The molecular weight excluding hydrogens is 545 g/mol. The van der Waals surface area contributed by atoms with Crippen molar-refractivity contribution in [2.75, 3.05) is 18.0 Å². The number of sulfonamides is 1. The Morgan fingerprint density at radius 3 is 2.31 bits per heavy atom. The van der Waals surface area contributed by atoms with Gasteiger partial charge in [-0.1, -0.05) is 41.9 Å². The van der Waals surface area contributed by atoms with E-state index in [1.54, 1.807) is 63.2 Å². The number of rotatable bonds is 11. The number of nitrogens with zero attached hydrogens (tertiary/aromatic N) is 2. The Kier molecular flexibility index (Phi) is 9.93. The van der Waals surface area contributed by atoms with Gasteiger partial charge in [0, 0.05) is 12.6 Å². The molecule has 3 aromatic rings. The minimum atomic E-state index is -4.28. The van der Waals surface area contributed by atoms with Gasteiger partial charge in [-0.15, -0.1) is 0 Å². The molecule has 0 aliphatic heterocycles. The molecule has 39 heavy (non-hydrogen) atoms. The standard InChI is InChI=1S/C28H31ClFN3O5S/c1-19(2)31-28(35)20(3)32(17-21-9-8-10-23(15-21)38-4)27(34)18-33(22-13-14-26(30)25(29)16-22)39(36,37)24-11-6-5-7-12-24/h5-16,19-20H,17-18H2,1-4H3,(H,31,35)/t20-/m0/s1. The van der Waals surface area contributed by atoms with Crippen LogP contribution in [0.5, 0.6) is 5.75 Å². The molecule has 3 aromatic carbocycles. The maximum atomic E-state index is 13.9. The molecule has 0 saturated carbocycles. The fourth-order valence-corrected chi connectivity index (χ4v) is 5.45. The van der Waals surface area contributed by atoms with E-state index in [4.69, 9.17) is 16.3 Å². The lowest BCUT2D eigenvalue weighted by atomic mass is 10.1. The van der Waals surface area contributed by atoms with E-state index in [-0.39, 0.29) is 28.2 Å². The van der Waals surface area contributed by atoms with Crippen molar-refractivity contribution < 1.29 is 27.1 Å². The number of anilines is 1. The highest BCUT2D eigenvalue weighted by molar-refractivity contribution is 7.92. The summed E-state index contributed by atoms with van der Waals surface area (Å²) in [5.41, 5.74) is 0.674. The van der Waals surface area contributed by atoms with Gasteiger partial charge in [-0.3, -0.25) is 13.9 Å². The summed E-state index contributed by atoms with van der Waals surface area (Å²) in [5.74, 6) is -1.22. The molecule has 0 bridgehead atoms. The number of halogens is 2. The molecule has 8 nitrogen and oxygen atoms in total. The molecule has 0 spiro atoms. The zero-order valence-electron chi connectivity index (χ0n) is 22.1. The van der Waals surface area contributed by atoms with Gasteiger partial charge in [-0.25, -0.2) is 12.8 Å². The highest BCUT2D eigenvalue weighted by atomic mass is 35.5. The molecule has 0 heterocycles. The van der Waals surface area contributed by atoms with Gasteiger partial charge >= 0.3 is 0 Å². The molecule has 11 heteroatoms. The first-order valence-electron chi connectivity index (χ1n) is 12.2. The largest absolute Gasteiger partial charge is 0.497 e. The third-order valence-corrected chi connectivity index (χ3v) is 7.96. The molecule has 1 N–H and O–H groups in total. The van der Waals surface area contributed by atoms with E-state index in [0.29, 0.717) is 11.3 Å². The Morgan fingerprint density at radius 2 is 1.69 bits per heavy atom. The van der Waals surface area contributed by atoms with Crippen molar-refractivity contribution in [3.63, 3.8) is 0 Å². The van der Waals surface area contributed by atoms with E-state index in [1.807, 2.05) is 0 Å². The van der Waals surface area contributed by atoms with Gasteiger partial charge in [-0.2, -0.15) is 0 Å². The van der Waals surface area contributed by atoms with Crippen LogP contribution in [0.25, 0.3) is 0 Å². The fourth-order valence-electron chi connectivity index (χ4n) is 3.84. The Labute approximate surface area is 233 Å². The first-order valence-corrected chi connectivity index (χ1v) is 14.0.